The van der Waals surface area contributed by atoms with Gasteiger partial charge in [0.05, 0.1) is 26.4 Å². The zero-order valence-electron chi connectivity index (χ0n) is 58.4. The molecule has 534 valence electrons. The van der Waals surface area contributed by atoms with Crippen LogP contribution in [0.25, 0.3) is 0 Å². The summed E-state index contributed by atoms with van der Waals surface area (Å²) < 4.78 is 68.1. The molecule has 0 saturated carbocycles. The molecule has 0 aromatic heterocycles. The molecule has 0 aliphatic heterocycles. The van der Waals surface area contributed by atoms with Gasteiger partial charge >= 0.3 is 39.5 Å². The van der Waals surface area contributed by atoms with Crippen LogP contribution in [0.1, 0.15) is 363 Å². The number of aliphatic hydroxyl groups is 1. The molecule has 0 spiro atoms. The number of hydrogen-bond donors (Lipinski definition) is 3. The van der Waals surface area contributed by atoms with E-state index in [1.807, 2.05) is 0 Å². The first-order valence-corrected chi connectivity index (χ1v) is 40.0. The lowest BCUT2D eigenvalue weighted by Crippen LogP contribution is -2.30. The minimum atomic E-state index is -4.95. The quantitative estimate of drug-likeness (QED) is 0.0222. The predicted molar refractivity (Wildman–Crippen MR) is 363 cm³/mol. The van der Waals surface area contributed by atoms with Gasteiger partial charge in [0.1, 0.15) is 19.3 Å². The highest BCUT2D eigenvalue weighted by molar-refractivity contribution is 7.47. The van der Waals surface area contributed by atoms with Gasteiger partial charge in [-0.25, -0.2) is 9.13 Å². The first-order chi connectivity index (χ1) is 43.4. The van der Waals surface area contributed by atoms with E-state index in [1.54, 1.807) is 0 Å². The van der Waals surface area contributed by atoms with Crippen molar-refractivity contribution in [2.24, 2.45) is 11.8 Å². The molecule has 0 bridgehead atoms. The van der Waals surface area contributed by atoms with Crippen LogP contribution in [0, 0.1) is 11.8 Å². The van der Waals surface area contributed by atoms with Crippen molar-refractivity contribution in [3.05, 3.63) is 0 Å². The van der Waals surface area contributed by atoms with Crippen LogP contribution in [-0.4, -0.2) is 96.7 Å². The molecule has 0 radical (unpaired) electrons. The highest BCUT2D eigenvalue weighted by Crippen LogP contribution is 2.45. The molecule has 0 rings (SSSR count). The molecule has 0 aromatic carbocycles. The number of carbonyl (C=O) groups is 4. The molecular weight excluding hydrogens is 1190 g/mol. The predicted octanol–water partition coefficient (Wildman–Crippen LogP) is 20.4. The van der Waals surface area contributed by atoms with Gasteiger partial charge in [0, 0.05) is 25.7 Å². The molecule has 2 unspecified atom stereocenters. The van der Waals surface area contributed by atoms with E-state index in [0.717, 1.165) is 109 Å². The number of rotatable bonds is 70. The van der Waals surface area contributed by atoms with E-state index in [9.17, 15) is 43.2 Å². The fraction of sp³-hybridized carbons (Fsp3) is 0.944. The van der Waals surface area contributed by atoms with E-state index >= 15 is 0 Å². The van der Waals surface area contributed by atoms with Gasteiger partial charge in [-0.1, -0.05) is 311 Å². The summed E-state index contributed by atoms with van der Waals surface area (Å²) in [6.45, 7) is 9.45. The average Bonchev–Trinajstić information content (AvgIpc) is 3.66. The summed E-state index contributed by atoms with van der Waals surface area (Å²) in [4.78, 5) is 72.3. The maximum atomic E-state index is 13.0. The second kappa shape index (κ2) is 63.1. The van der Waals surface area contributed by atoms with Gasteiger partial charge in [0.2, 0.25) is 0 Å². The standard InChI is InChI=1S/C71H138O17P2/c1-7-9-11-13-15-16-17-24-28-31-35-42-48-54-69(74)82-60-66(87-70(75)55-49-43-36-32-29-26-23-21-19-18-20-22-25-27-30-34-39-45-51-63(3)4)61-85-89(77,78)83-57-65(72)58-84-90(79,80)86-62-67(59-81-68(73)53-47-41-33-14-12-10-8-2)88-71(76)56-50-44-38-37-40-46-52-64(5)6/h63-67,72H,7-62H2,1-6H3,(H,77,78)(H,79,80)/t65-,66-,67-/m1/s1. The van der Waals surface area contributed by atoms with Crippen molar-refractivity contribution in [3.8, 4) is 0 Å². The van der Waals surface area contributed by atoms with Gasteiger partial charge in [-0.05, 0) is 37.5 Å². The Kier molecular flexibility index (Phi) is 61.8. The molecule has 17 nitrogen and oxygen atoms in total. The lowest BCUT2D eigenvalue weighted by atomic mass is 10.0. The van der Waals surface area contributed by atoms with Crippen LogP contribution in [0.3, 0.4) is 0 Å². The van der Waals surface area contributed by atoms with Crippen LogP contribution in [-0.2, 0) is 65.4 Å². The second-order valence-electron chi connectivity index (χ2n) is 26.6. The normalized spacial score (nSPS) is 14.1. The summed E-state index contributed by atoms with van der Waals surface area (Å²) >= 11 is 0. The van der Waals surface area contributed by atoms with E-state index < -0.39 is 97.5 Å². The Hall–Kier alpha value is -1.94. The minimum Gasteiger partial charge on any atom is -0.462 e. The number of aliphatic hydroxyl groups excluding tert-OH is 1. The van der Waals surface area contributed by atoms with Gasteiger partial charge < -0.3 is 33.8 Å². The summed E-state index contributed by atoms with van der Waals surface area (Å²) in [6, 6.07) is 0. The highest BCUT2D eigenvalue weighted by Gasteiger charge is 2.30. The Morgan fingerprint density at radius 2 is 0.511 bits per heavy atom. The monoisotopic (exact) mass is 1320 g/mol. The number of hydrogen-bond acceptors (Lipinski definition) is 15. The fourth-order valence-corrected chi connectivity index (χ4v) is 12.3. The number of ether oxygens (including phenoxy) is 4. The van der Waals surface area contributed by atoms with Crippen molar-refractivity contribution >= 4 is 39.5 Å². The van der Waals surface area contributed by atoms with Crippen molar-refractivity contribution < 1.29 is 80.2 Å². The van der Waals surface area contributed by atoms with E-state index in [-0.39, 0.29) is 25.7 Å². The fourth-order valence-electron chi connectivity index (χ4n) is 10.8. The summed E-state index contributed by atoms with van der Waals surface area (Å²) in [5, 5.41) is 10.6. The average molecular weight is 1330 g/mol. The largest absolute Gasteiger partial charge is 0.472 e. The smallest absolute Gasteiger partial charge is 0.462 e. The lowest BCUT2D eigenvalue weighted by molar-refractivity contribution is -0.161. The van der Waals surface area contributed by atoms with Crippen LogP contribution in [0.2, 0.25) is 0 Å². The Labute approximate surface area is 549 Å². The zero-order chi connectivity index (χ0) is 66.5. The van der Waals surface area contributed by atoms with E-state index in [1.165, 1.54) is 167 Å². The van der Waals surface area contributed by atoms with Gasteiger partial charge in [-0.3, -0.25) is 37.3 Å². The molecule has 5 atom stereocenters. The SMILES string of the molecule is CCCCCCCCCCCCCCCC(=O)OC[C@H](COP(=O)(O)OC[C@@H](O)COP(=O)(O)OC[C@@H](COC(=O)CCCCCCCCC)OC(=O)CCCCCCCCC(C)C)OC(=O)CCCCCCCCCCCCCCCCCCCCC(C)C. The van der Waals surface area contributed by atoms with Crippen LogP contribution in [0.4, 0.5) is 0 Å². The van der Waals surface area contributed by atoms with Gasteiger partial charge in [-0.15, -0.1) is 0 Å². The summed E-state index contributed by atoms with van der Waals surface area (Å²) in [7, 11) is -9.89. The van der Waals surface area contributed by atoms with E-state index in [0.29, 0.717) is 31.6 Å². The Bertz CT molecular complexity index is 1750. The third kappa shape index (κ3) is 64.8. The maximum Gasteiger partial charge on any atom is 0.472 e. The molecule has 0 aromatic rings. The number of phosphoric acid groups is 2. The topological polar surface area (TPSA) is 237 Å². The molecule has 3 N–H and O–H groups in total. The number of esters is 4. The second-order valence-corrected chi connectivity index (χ2v) is 29.5. The minimum absolute atomic E-state index is 0.102. The molecule has 0 heterocycles. The maximum absolute atomic E-state index is 13.0. The van der Waals surface area contributed by atoms with Gasteiger partial charge in [0.15, 0.2) is 12.2 Å². The summed E-state index contributed by atoms with van der Waals surface area (Å²) in [6.07, 6.45) is 49.0. The van der Waals surface area contributed by atoms with Gasteiger partial charge in [0.25, 0.3) is 0 Å². The van der Waals surface area contributed by atoms with Crippen LogP contribution in [0.5, 0.6) is 0 Å². The van der Waals surface area contributed by atoms with E-state index in [4.69, 9.17) is 37.0 Å². The first kappa shape index (κ1) is 88.1. The summed E-state index contributed by atoms with van der Waals surface area (Å²) in [5.74, 6) is -0.642. The molecular formula is C71H138O17P2. The first-order valence-electron chi connectivity index (χ1n) is 37.0. The van der Waals surface area contributed by atoms with Gasteiger partial charge in [-0.2, -0.15) is 0 Å². The van der Waals surface area contributed by atoms with Crippen LogP contribution < -0.4 is 0 Å². The third-order valence-electron chi connectivity index (χ3n) is 16.5. The lowest BCUT2D eigenvalue weighted by Gasteiger charge is -2.21. The molecule has 0 fully saturated rings. The molecule has 0 aliphatic carbocycles. The van der Waals surface area contributed by atoms with Crippen molar-refractivity contribution in [2.75, 3.05) is 39.6 Å². The van der Waals surface area contributed by atoms with E-state index in [2.05, 4.69) is 41.5 Å². The molecule has 90 heavy (non-hydrogen) atoms. The van der Waals surface area contributed by atoms with Crippen molar-refractivity contribution in [2.45, 2.75) is 381 Å². The molecule has 0 amide bonds. The van der Waals surface area contributed by atoms with Crippen LogP contribution in [0.15, 0.2) is 0 Å². The molecule has 0 saturated heterocycles. The Balaban J connectivity index is 5.14. The zero-order valence-corrected chi connectivity index (χ0v) is 60.2. The number of phosphoric ester groups is 2. The molecule has 19 heteroatoms. The third-order valence-corrected chi connectivity index (χ3v) is 18.4. The van der Waals surface area contributed by atoms with Crippen molar-refractivity contribution in [3.63, 3.8) is 0 Å². The number of unbranched alkanes of at least 4 members (excludes halogenated alkanes) is 40. The highest BCUT2D eigenvalue weighted by atomic mass is 31.2. The summed E-state index contributed by atoms with van der Waals surface area (Å²) in [5.41, 5.74) is 0. The van der Waals surface area contributed by atoms with Crippen LogP contribution >= 0.6 is 15.6 Å². The number of carbonyl (C=O) groups excluding carboxylic acids is 4. The van der Waals surface area contributed by atoms with Crippen molar-refractivity contribution in [1.29, 1.82) is 0 Å². The molecule has 0 aliphatic rings. The Morgan fingerprint density at radius 1 is 0.300 bits per heavy atom. The Morgan fingerprint density at radius 3 is 0.756 bits per heavy atom. The van der Waals surface area contributed by atoms with Crippen molar-refractivity contribution in [1.82, 2.24) is 0 Å².